The summed E-state index contributed by atoms with van der Waals surface area (Å²) in [4.78, 5) is 0. The second-order valence-corrected chi connectivity index (χ2v) is 11.5. The monoisotopic (exact) mass is 362 g/mol. The highest BCUT2D eigenvalue weighted by atomic mass is 79.9. The van der Waals surface area contributed by atoms with Crippen LogP contribution in [0, 0.1) is 17.8 Å². The van der Waals surface area contributed by atoms with Gasteiger partial charge in [-0.05, 0) is 43.4 Å². The predicted molar refractivity (Wildman–Crippen MR) is 93.4 cm³/mol. The van der Waals surface area contributed by atoms with E-state index in [0.29, 0.717) is 0 Å². The molecule has 0 spiro atoms. The lowest BCUT2D eigenvalue weighted by atomic mass is 9.73. The maximum atomic E-state index is 12.2. The number of alkyl halides is 2. The lowest BCUT2D eigenvalue weighted by Gasteiger charge is -2.37. The van der Waals surface area contributed by atoms with E-state index in [0.717, 1.165) is 24.2 Å². The van der Waals surface area contributed by atoms with Gasteiger partial charge < -0.3 is 0 Å². The minimum Gasteiger partial charge on any atom is -0.251 e. The fourth-order valence-corrected chi connectivity index (χ4v) is 8.76. The van der Waals surface area contributed by atoms with E-state index in [2.05, 4.69) is 15.9 Å². The average molecular weight is 363 g/mol. The molecule has 1 heterocycles. The van der Waals surface area contributed by atoms with E-state index >= 15 is 0 Å². The third kappa shape index (κ3) is 5.44. The average Bonchev–Trinajstić information content (AvgIpc) is 2.49. The first kappa shape index (κ1) is 17.0. The van der Waals surface area contributed by atoms with Gasteiger partial charge >= 0.3 is 0 Å². The van der Waals surface area contributed by atoms with Crippen molar-refractivity contribution in [2.45, 2.75) is 75.9 Å². The molecule has 118 valence electrons. The molecule has 0 aromatic heterocycles. The number of halogens is 2. The van der Waals surface area contributed by atoms with E-state index in [1.54, 1.807) is 12.1 Å². The van der Waals surface area contributed by atoms with Gasteiger partial charge in [-0.3, -0.25) is 4.39 Å². The van der Waals surface area contributed by atoms with Crippen molar-refractivity contribution in [2.75, 3.05) is 12.0 Å². The Morgan fingerprint density at radius 2 is 1.55 bits per heavy atom. The van der Waals surface area contributed by atoms with E-state index in [-0.39, 0.29) is 6.67 Å². The Bertz CT molecular complexity index is 245. The zero-order valence-electron chi connectivity index (χ0n) is 13.0. The molecule has 0 unspecified atom stereocenters. The molecule has 0 amide bonds. The molecule has 3 heteroatoms. The molecule has 2 rings (SSSR count). The molecule has 20 heavy (non-hydrogen) atoms. The largest absolute Gasteiger partial charge is 0.251 e. The van der Waals surface area contributed by atoms with Crippen LogP contribution >= 0.6 is 15.9 Å². The van der Waals surface area contributed by atoms with Crippen LogP contribution in [0.1, 0.15) is 57.8 Å². The standard InChI is InChI=1S/C17H32BrFSi/c18-10-7-15-3-5-16(6-4-15)17-8-13-20(14-9-17)12-2-1-11-19/h15-17,20H,1-14H2. The Morgan fingerprint density at radius 3 is 2.15 bits per heavy atom. The lowest BCUT2D eigenvalue weighted by Crippen LogP contribution is -2.28. The van der Waals surface area contributed by atoms with Crippen LogP contribution in [-0.4, -0.2) is 20.8 Å². The molecule has 1 aliphatic carbocycles. The highest BCUT2D eigenvalue weighted by Crippen LogP contribution is 2.41. The van der Waals surface area contributed by atoms with Crippen molar-refractivity contribution in [3.8, 4) is 0 Å². The molecular weight excluding hydrogens is 331 g/mol. The van der Waals surface area contributed by atoms with E-state index in [1.807, 2.05) is 0 Å². The SMILES string of the molecule is FCCCC[SiH]1CCC(C2CCC(CCBr)CC2)CC1. The summed E-state index contributed by atoms with van der Waals surface area (Å²) in [5, 5.41) is 1.19. The van der Waals surface area contributed by atoms with Gasteiger partial charge in [0.25, 0.3) is 0 Å². The molecule has 0 bridgehead atoms. The van der Waals surface area contributed by atoms with Crippen molar-refractivity contribution in [3.63, 3.8) is 0 Å². The summed E-state index contributed by atoms with van der Waals surface area (Å²) < 4.78 is 12.2. The quantitative estimate of drug-likeness (QED) is 0.297. The molecule has 1 aliphatic heterocycles. The fraction of sp³-hybridized carbons (Fsp3) is 1.00. The molecular formula is C17H32BrFSi. The van der Waals surface area contributed by atoms with E-state index in [9.17, 15) is 4.39 Å². The summed E-state index contributed by atoms with van der Waals surface area (Å²) in [7, 11) is -0.447. The van der Waals surface area contributed by atoms with Gasteiger partial charge in [-0.2, -0.15) is 0 Å². The molecule has 0 aromatic rings. The molecule has 0 nitrogen and oxygen atoms in total. The molecule has 0 atom stereocenters. The van der Waals surface area contributed by atoms with Gasteiger partial charge in [-0.15, -0.1) is 0 Å². The van der Waals surface area contributed by atoms with Crippen LogP contribution in [0.2, 0.25) is 18.1 Å². The Balaban J connectivity index is 1.62. The van der Waals surface area contributed by atoms with E-state index in [1.165, 1.54) is 62.7 Å². The van der Waals surface area contributed by atoms with Crippen LogP contribution in [-0.2, 0) is 0 Å². The number of hydrogen-bond acceptors (Lipinski definition) is 0. The predicted octanol–water partition coefficient (Wildman–Crippen LogP) is 5.96. The molecule has 0 N–H and O–H groups in total. The van der Waals surface area contributed by atoms with Gasteiger partial charge in [0, 0.05) is 14.1 Å². The molecule has 0 aromatic carbocycles. The van der Waals surface area contributed by atoms with Crippen molar-refractivity contribution >= 4 is 24.7 Å². The van der Waals surface area contributed by atoms with Gasteiger partial charge in [0.05, 0.1) is 6.67 Å². The van der Waals surface area contributed by atoms with Crippen LogP contribution in [0.4, 0.5) is 4.39 Å². The topological polar surface area (TPSA) is 0 Å². The minimum atomic E-state index is -0.447. The molecule has 2 fully saturated rings. The maximum Gasteiger partial charge on any atom is 0.0894 e. The summed E-state index contributed by atoms with van der Waals surface area (Å²) in [5.74, 6) is 3.13. The van der Waals surface area contributed by atoms with Gasteiger partial charge in [0.2, 0.25) is 0 Å². The van der Waals surface area contributed by atoms with Crippen molar-refractivity contribution in [1.29, 1.82) is 0 Å². The van der Waals surface area contributed by atoms with Crippen molar-refractivity contribution in [2.24, 2.45) is 17.8 Å². The van der Waals surface area contributed by atoms with Crippen LogP contribution in [0.25, 0.3) is 0 Å². The van der Waals surface area contributed by atoms with Gasteiger partial charge in [-0.25, -0.2) is 0 Å². The Hall–Kier alpha value is 0.627. The first-order valence-electron chi connectivity index (χ1n) is 8.95. The second-order valence-electron chi connectivity index (χ2n) is 7.22. The normalized spacial score (nSPS) is 35.1. The van der Waals surface area contributed by atoms with Crippen LogP contribution in [0.3, 0.4) is 0 Å². The molecule has 1 saturated carbocycles. The first-order valence-corrected chi connectivity index (χ1v) is 12.5. The summed E-state index contributed by atoms with van der Waals surface area (Å²) in [5.41, 5.74) is 0. The lowest BCUT2D eigenvalue weighted by molar-refractivity contribution is 0.189. The Kier molecular flexibility index (Phi) is 8.16. The van der Waals surface area contributed by atoms with E-state index in [4.69, 9.17) is 0 Å². The summed E-state index contributed by atoms with van der Waals surface area (Å²) in [6.45, 7) is -0.0958. The van der Waals surface area contributed by atoms with Crippen molar-refractivity contribution in [3.05, 3.63) is 0 Å². The van der Waals surface area contributed by atoms with Crippen molar-refractivity contribution in [1.82, 2.24) is 0 Å². The maximum absolute atomic E-state index is 12.2. The number of rotatable bonds is 7. The molecule has 0 radical (unpaired) electrons. The first-order chi connectivity index (χ1) is 9.83. The number of unbranched alkanes of at least 4 members (excludes halogenated alkanes) is 1. The van der Waals surface area contributed by atoms with Crippen LogP contribution < -0.4 is 0 Å². The summed E-state index contributed by atoms with van der Waals surface area (Å²) in [6.07, 6.45) is 12.4. The Labute approximate surface area is 135 Å². The third-order valence-corrected chi connectivity index (χ3v) is 9.95. The fourth-order valence-electron chi connectivity index (χ4n) is 4.58. The van der Waals surface area contributed by atoms with Crippen LogP contribution in [0.15, 0.2) is 0 Å². The van der Waals surface area contributed by atoms with Gasteiger partial charge in [0.15, 0.2) is 0 Å². The smallest absolute Gasteiger partial charge is 0.0894 e. The van der Waals surface area contributed by atoms with Crippen molar-refractivity contribution < 1.29 is 4.39 Å². The molecule has 1 saturated heterocycles. The van der Waals surface area contributed by atoms with Crippen LogP contribution in [0.5, 0.6) is 0 Å². The zero-order valence-corrected chi connectivity index (χ0v) is 15.7. The van der Waals surface area contributed by atoms with Gasteiger partial charge in [0.1, 0.15) is 0 Å². The Morgan fingerprint density at radius 1 is 0.900 bits per heavy atom. The highest BCUT2D eigenvalue weighted by molar-refractivity contribution is 9.09. The number of hydrogen-bond donors (Lipinski definition) is 0. The van der Waals surface area contributed by atoms with Gasteiger partial charge in [-0.1, -0.05) is 66.2 Å². The summed E-state index contributed by atoms with van der Waals surface area (Å²) >= 11 is 3.59. The highest BCUT2D eigenvalue weighted by Gasteiger charge is 2.30. The van der Waals surface area contributed by atoms with E-state index < -0.39 is 8.80 Å². The minimum absolute atomic E-state index is 0.0958. The third-order valence-electron chi connectivity index (χ3n) is 5.96. The zero-order chi connectivity index (χ0) is 14.2. The second kappa shape index (κ2) is 9.60. The molecule has 2 aliphatic rings. The summed E-state index contributed by atoms with van der Waals surface area (Å²) in [6, 6.07) is 4.56.